The van der Waals surface area contributed by atoms with Crippen LogP contribution in [-0.2, 0) is 11.6 Å². The molecule has 25 heavy (non-hydrogen) atoms. The van der Waals surface area contributed by atoms with E-state index in [0.717, 1.165) is 11.8 Å². The Hall–Kier alpha value is -2.31. The first-order valence-corrected chi connectivity index (χ1v) is 8.05. The van der Waals surface area contributed by atoms with Gasteiger partial charge in [0.05, 0.1) is 11.9 Å². The Morgan fingerprint density at radius 2 is 1.76 bits per heavy atom. The fraction of sp³-hybridized carbons (Fsp3) is 0.444. The highest BCUT2D eigenvalue weighted by Gasteiger charge is 2.35. The summed E-state index contributed by atoms with van der Waals surface area (Å²) >= 11 is 0. The first-order valence-electron chi connectivity index (χ1n) is 8.05. The highest BCUT2D eigenvalue weighted by Crippen LogP contribution is 2.32. The smallest absolute Gasteiger partial charge is 0.379 e. The van der Waals surface area contributed by atoms with E-state index in [9.17, 15) is 13.2 Å². The number of anilines is 3. The lowest BCUT2D eigenvalue weighted by Crippen LogP contribution is -2.17. The molecular formula is C18H23F3N4. The number of nitrogens with one attached hydrogen (secondary N) is 2. The molecule has 2 N–H and O–H groups in total. The van der Waals surface area contributed by atoms with Crippen LogP contribution in [0.15, 0.2) is 30.5 Å². The van der Waals surface area contributed by atoms with Crippen molar-refractivity contribution >= 4 is 17.2 Å². The van der Waals surface area contributed by atoms with Crippen molar-refractivity contribution in [2.45, 2.75) is 52.3 Å². The molecule has 4 nitrogen and oxygen atoms in total. The minimum atomic E-state index is -4.60. The lowest BCUT2D eigenvalue weighted by molar-refractivity contribution is -0.144. The quantitative estimate of drug-likeness (QED) is 0.778. The van der Waals surface area contributed by atoms with Gasteiger partial charge in [0.25, 0.3) is 0 Å². The summed E-state index contributed by atoms with van der Waals surface area (Å²) in [4.78, 5) is 7.10. The van der Waals surface area contributed by atoms with Crippen LogP contribution in [0.1, 0.15) is 46.0 Å². The van der Waals surface area contributed by atoms with E-state index in [1.807, 2.05) is 32.0 Å². The Balaban J connectivity index is 2.42. The molecule has 1 heterocycles. The summed E-state index contributed by atoms with van der Waals surface area (Å²) in [7, 11) is 0. The third-order valence-electron chi connectivity index (χ3n) is 3.48. The van der Waals surface area contributed by atoms with Crippen molar-refractivity contribution in [2.24, 2.45) is 0 Å². The van der Waals surface area contributed by atoms with Gasteiger partial charge in [0.1, 0.15) is 0 Å². The number of hydrogen-bond donors (Lipinski definition) is 2. The molecule has 0 aliphatic carbocycles. The largest absolute Gasteiger partial charge is 0.451 e. The Morgan fingerprint density at radius 3 is 2.32 bits per heavy atom. The molecule has 0 amide bonds. The Bertz CT molecular complexity index is 734. The van der Waals surface area contributed by atoms with Crippen molar-refractivity contribution in [3.63, 3.8) is 0 Å². The molecule has 0 bridgehead atoms. The monoisotopic (exact) mass is 352 g/mol. The van der Waals surface area contributed by atoms with E-state index in [-0.39, 0.29) is 17.3 Å². The average molecular weight is 352 g/mol. The third kappa shape index (κ3) is 5.08. The number of halogens is 3. The number of rotatable bonds is 4. The van der Waals surface area contributed by atoms with E-state index in [1.54, 1.807) is 6.07 Å². The summed E-state index contributed by atoms with van der Waals surface area (Å²) < 4.78 is 38.8. The van der Waals surface area contributed by atoms with Gasteiger partial charge in [-0.15, -0.1) is 0 Å². The topological polar surface area (TPSA) is 49.8 Å². The second-order valence-corrected chi connectivity index (χ2v) is 7.21. The SMILES string of the molecule is CC(C)Nc1cnc(C(F)(F)F)nc1Nc1cccc(C(C)(C)C)c1. The van der Waals surface area contributed by atoms with E-state index in [4.69, 9.17) is 0 Å². The highest BCUT2D eigenvalue weighted by molar-refractivity contribution is 5.70. The molecule has 2 rings (SSSR count). The zero-order chi connectivity index (χ0) is 18.8. The predicted octanol–water partition coefficient (Wildman–Crippen LogP) is 5.36. The Kier molecular flexibility index (Phi) is 5.25. The van der Waals surface area contributed by atoms with Gasteiger partial charge in [-0.2, -0.15) is 13.2 Å². The summed E-state index contributed by atoms with van der Waals surface area (Å²) in [5.41, 5.74) is 2.09. The second kappa shape index (κ2) is 6.90. The van der Waals surface area contributed by atoms with Crippen molar-refractivity contribution < 1.29 is 13.2 Å². The van der Waals surface area contributed by atoms with Gasteiger partial charge in [-0.25, -0.2) is 9.97 Å². The minimum Gasteiger partial charge on any atom is -0.379 e. The van der Waals surface area contributed by atoms with E-state index >= 15 is 0 Å². The van der Waals surface area contributed by atoms with Gasteiger partial charge in [0.15, 0.2) is 5.82 Å². The van der Waals surface area contributed by atoms with Gasteiger partial charge in [0.2, 0.25) is 5.82 Å². The molecule has 0 unspecified atom stereocenters. The number of nitrogens with zero attached hydrogens (tertiary/aromatic N) is 2. The molecule has 0 aliphatic rings. The van der Waals surface area contributed by atoms with Crippen molar-refractivity contribution in [3.05, 3.63) is 41.9 Å². The molecule has 1 aromatic carbocycles. The molecule has 0 fully saturated rings. The summed E-state index contributed by atoms with van der Waals surface area (Å²) in [5, 5.41) is 6.05. The molecule has 0 aliphatic heterocycles. The number of hydrogen-bond acceptors (Lipinski definition) is 4. The molecule has 0 saturated heterocycles. The van der Waals surface area contributed by atoms with Gasteiger partial charge in [-0.3, -0.25) is 0 Å². The van der Waals surface area contributed by atoms with Crippen LogP contribution in [0.4, 0.5) is 30.4 Å². The lowest BCUT2D eigenvalue weighted by Gasteiger charge is -2.21. The molecule has 0 radical (unpaired) electrons. The first kappa shape index (κ1) is 19.0. The zero-order valence-corrected chi connectivity index (χ0v) is 15.0. The van der Waals surface area contributed by atoms with Gasteiger partial charge in [0, 0.05) is 11.7 Å². The van der Waals surface area contributed by atoms with Gasteiger partial charge >= 0.3 is 6.18 Å². The number of benzene rings is 1. The van der Waals surface area contributed by atoms with Crippen LogP contribution in [0.5, 0.6) is 0 Å². The summed E-state index contributed by atoms with van der Waals surface area (Å²) in [6.45, 7) is 10.0. The molecule has 136 valence electrons. The summed E-state index contributed by atoms with van der Waals surface area (Å²) in [5.74, 6) is -1.07. The maximum absolute atomic E-state index is 12.9. The van der Waals surface area contributed by atoms with Crippen LogP contribution in [0.2, 0.25) is 0 Å². The zero-order valence-electron chi connectivity index (χ0n) is 15.0. The van der Waals surface area contributed by atoms with Crippen LogP contribution in [0.25, 0.3) is 0 Å². The van der Waals surface area contributed by atoms with E-state index in [1.165, 1.54) is 0 Å². The fourth-order valence-electron chi connectivity index (χ4n) is 2.23. The van der Waals surface area contributed by atoms with Crippen LogP contribution in [0.3, 0.4) is 0 Å². The lowest BCUT2D eigenvalue weighted by atomic mass is 9.87. The first-order chi connectivity index (χ1) is 11.5. The molecule has 0 atom stereocenters. The number of alkyl halides is 3. The Labute approximate surface area is 145 Å². The summed E-state index contributed by atoms with van der Waals surface area (Å²) in [6, 6.07) is 7.59. The minimum absolute atomic E-state index is 0.0294. The normalized spacial score (nSPS) is 12.4. The Morgan fingerprint density at radius 1 is 1.08 bits per heavy atom. The maximum atomic E-state index is 12.9. The third-order valence-corrected chi connectivity index (χ3v) is 3.48. The number of aromatic nitrogens is 2. The molecule has 0 spiro atoms. The van der Waals surface area contributed by atoms with Gasteiger partial charge in [-0.05, 0) is 37.0 Å². The van der Waals surface area contributed by atoms with Crippen LogP contribution in [0, 0.1) is 0 Å². The van der Waals surface area contributed by atoms with Crippen molar-refractivity contribution in [2.75, 3.05) is 10.6 Å². The van der Waals surface area contributed by atoms with Crippen LogP contribution in [-0.4, -0.2) is 16.0 Å². The molecule has 1 aromatic heterocycles. The highest BCUT2D eigenvalue weighted by atomic mass is 19.4. The molecule has 0 saturated carbocycles. The van der Waals surface area contributed by atoms with Gasteiger partial charge in [-0.1, -0.05) is 32.9 Å². The second-order valence-electron chi connectivity index (χ2n) is 7.21. The molecule has 7 heteroatoms. The van der Waals surface area contributed by atoms with Crippen molar-refractivity contribution in [1.82, 2.24) is 9.97 Å². The summed E-state index contributed by atoms with van der Waals surface area (Å²) in [6.07, 6.45) is -3.44. The fourth-order valence-corrected chi connectivity index (χ4v) is 2.23. The van der Waals surface area contributed by atoms with E-state index in [2.05, 4.69) is 41.4 Å². The van der Waals surface area contributed by atoms with Gasteiger partial charge < -0.3 is 10.6 Å². The molecular weight excluding hydrogens is 329 g/mol. The van der Waals surface area contributed by atoms with E-state index < -0.39 is 12.0 Å². The van der Waals surface area contributed by atoms with Crippen molar-refractivity contribution in [3.8, 4) is 0 Å². The maximum Gasteiger partial charge on any atom is 0.451 e. The van der Waals surface area contributed by atoms with E-state index in [0.29, 0.717) is 11.4 Å². The standard InChI is InChI=1S/C18H23F3N4/c1-11(2)23-14-10-22-16(18(19,20)21)25-15(14)24-13-8-6-7-12(9-13)17(3,4)5/h6-11,23H,1-5H3,(H,22,24,25). The van der Waals surface area contributed by atoms with Crippen LogP contribution < -0.4 is 10.6 Å². The predicted molar refractivity (Wildman–Crippen MR) is 94.2 cm³/mol. The molecule has 2 aromatic rings. The average Bonchev–Trinajstić information content (AvgIpc) is 2.47. The van der Waals surface area contributed by atoms with Crippen molar-refractivity contribution in [1.29, 1.82) is 0 Å². The van der Waals surface area contributed by atoms with Crippen LogP contribution >= 0.6 is 0 Å².